The summed E-state index contributed by atoms with van der Waals surface area (Å²) in [7, 11) is 0. The van der Waals surface area contributed by atoms with Gasteiger partial charge in [-0.25, -0.2) is 9.97 Å². The van der Waals surface area contributed by atoms with Crippen LogP contribution in [0.3, 0.4) is 0 Å². The van der Waals surface area contributed by atoms with E-state index in [1.807, 2.05) is 25.5 Å². The van der Waals surface area contributed by atoms with Crippen LogP contribution in [0.25, 0.3) is 0 Å². The molecular formula is C17H23N5O. The van der Waals surface area contributed by atoms with Crippen molar-refractivity contribution in [3.63, 3.8) is 0 Å². The van der Waals surface area contributed by atoms with Crippen molar-refractivity contribution < 1.29 is 4.79 Å². The molecule has 0 spiro atoms. The van der Waals surface area contributed by atoms with Gasteiger partial charge in [0.1, 0.15) is 5.82 Å². The fourth-order valence-electron chi connectivity index (χ4n) is 3.01. The third-order valence-electron chi connectivity index (χ3n) is 4.39. The molecule has 0 bridgehead atoms. The number of hydrogen-bond donors (Lipinski definition) is 1. The van der Waals surface area contributed by atoms with Crippen LogP contribution >= 0.6 is 0 Å². The highest BCUT2D eigenvalue weighted by molar-refractivity contribution is 5.93. The molecule has 2 aromatic rings. The average Bonchev–Trinajstić information content (AvgIpc) is 3.33. The summed E-state index contributed by atoms with van der Waals surface area (Å²) >= 11 is 0. The second kappa shape index (κ2) is 6.10. The van der Waals surface area contributed by atoms with E-state index in [2.05, 4.69) is 27.3 Å². The van der Waals surface area contributed by atoms with Gasteiger partial charge in [0.2, 0.25) is 0 Å². The maximum atomic E-state index is 12.4. The van der Waals surface area contributed by atoms with E-state index in [0.29, 0.717) is 11.5 Å². The molecule has 2 heterocycles. The van der Waals surface area contributed by atoms with Gasteiger partial charge in [0.05, 0.1) is 17.3 Å². The Labute approximate surface area is 136 Å². The van der Waals surface area contributed by atoms with Crippen molar-refractivity contribution in [1.82, 2.24) is 25.1 Å². The molecule has 1 saturated carbocycles. The van der Waals surface area contributed by atoms with E-state index in [1.165, 1.54) is 0 Å². The zero-order chi connectivity index (χ0) is 16.6. The molecule has 122 valence electrons. The highest BCUT2D eigenvalue weighted by Gasteiger charge is 2.26. The highest BCUT2D eigenvalue weighted by Crippen LogP contribution is 2.37. The minimum Gasteiger partial charge on any atom is -0.345 e. The normalized spacial score (nSPS) is 15.5. The number of hydrogen-bond acceptors (Lipinski definition) is 4. The van der Waals surface area contributed by atoms with E-state index in [0.717, 1.165) is 42.2 Å². The van der Waals surface area contributed by atoms with E-state index >= 15 is 0 Å². The molecule has 2 aromatic heterocycles. The molecular weight excluding hydrogens is 290 g/mol. The van der Waals surface area contributed by atoms with E-state index in [9.17, 15) is 4.79 Å². The molecule has 1 fully saturated rings. The second-order valence-corrected chi connectivity index (χ2v) is 6.20. The lowest BCUT2D eigenvalue weighted by Crippen LogP contribution is -2.27. The second-order valence-electron chi connectivity index (χ2n) is 6.20. The molecule has 1 amide bonds. The van der Waals surface area contributed by atoms with Crippen LogP contribution in [0.15, 0.2) is 12.4 Å². The van der Waals surface area contributed by atoms with Crippen LogP contribution in [0.5, 0.6) is 0 Å². The first kappa shape index (κ1) is 15.6. The van der Waals surface area contributed by atoms with Gasteiger partial charge < -0.3 is 5.32 Å². The summed E-state index contributed by atoms with van der Waals surface area (Å²) in [4.78, 5) is 21.0. The van der Waals surface area contributed by atoms with Gasteiger partial charge >= 0.3 is 0 Å². The van der Waals surface area contributed by atoms with Crippen molar-refractivity contribution in [2.45, 2.75) is 59.0 Å². The minimum atomic E-state index is -0.150. The smallest absolute Gasteiger partial charge is 0.254 e. The Morgan fingerprint density at radius 3 is 2.52 bits per heavy atom. The van der Waals surface area contributed by atoms with Gasteiger partial charge in [-0.05, 0) is 40.5 Å². The van der Waals surface area contributed by atoms with Crippen molar-refractivity contribution in [2.24, 2.45) is 0 Å². The van der Waals surface area contributed by atoms with Crippen molar-refractivity contribution >= 4 is 5.91 Å². The summed E-state index contributed by atoms with van der Waals surface area (Å²) in [5, 5.41) is 7.53. The van der Waals surface area contributed by atoms with Crippen molar-refractivity contribution in [3.05, 3.63) is 40.7 Å². The van der Waals surface area contributed by atoms with Gasteiger partial charge in [-0.3, -0.25) is 9.48 Å². The maximum Gasteiger partial charge on any atom is 0.254 e. The Hall–Kier alpha value is -2.24. The summed E-state index contributed by atoms with van der Waals surface area (Å²) in [5.41, 5.74) is 3.63. The number of carbonyl (C=O) groups is 1. The topological polar surface area (TPSA) is 72.7 Å². The van der Waals surface area contributed by atoms with Crippen LogP contribution in [0.4, 0.5) is 0 Å². The van der Waals surface area contributed by atoms with E-state index in [1.54, 1.807) is 12.4 Å². The Balaban J connectivity index is 1.72. The van der Waals surface area contributed by atoms with Crippen molar-refractivity contribution in [3.8, 4) is 0 Å². The molecule has 6 heteroatoms. The van der Waals surface area contributed by atoms with Gasteiger partial charge in [-0.15, -0.1) is 0 Å². The molecule has 0 radical (unpaired) electrons. The maximum absolute atomic E-state index is 12.4. The lowest BCUT2D eigenvalue weighted by atomic mass is 10.1. The van der Waals surface area contributed by atoms with Gasteiger partial charge in [0.25, 0.3) is 5.91 Å². The molecule has 1 atom stereocenters. The summed E-state index contributed by atoms with van der Waals surface area (Å²) in [6.45, 7) is 8.88. The highest BCUT2D eigenvalue weighted by atomic mass is 16.1. The van der Waals surface area contributed by atoms with Crippen LogP contribution in [0, 0.1) is 13.8 Å². The standard InChI is InChI=1S/C17H23N5O/c1-5-22-12(4)15(11(3)21-22)10(2)20-17(23)14-8-18-16(19-9-14)13-6-7-13/h8-10,13H,5-7H2,1-4H3,(H,20,23)/t10-/m0/s1. The summed E-state index contributed by atoms with van der Waals surface area (Å²) < 4.78 is 1.96. The molecule has 1 N–H and O–H groups in total. The Bertz CT molecular complexity index is 715. The van der Waals surface area contributed by atoms with E-state index in [4.69, 9.17) is 0 Å². The van der Waals surface area contributed by atoms with Crippen LogP contribution in [0.2, 0.25) is 0 Å². The van der Waals surface area contributed by atoms with E-state index < -0.39 is 0 Å². The van der Waals surface area contributed by atoms with Crippen LogP contribution < -0.4 is 5.32 Å². The first-order valence-corrected chi connectivity index (χ1v) is 8.18. The number of aromatic nitrogens is 4. The van der Waals surface area contributed by atoms with Gasteiger partial charge in [-0.2, -0.15) is 5.10 Å². The summed E-state index contributed by atoms with van der Waals surface area (Å²) in [6, 6.07) is -0.106. The zero-order valence-electron chi connectivity index (χ0n) is 14.1. The number of amides is 1. The van der Waals surface area contributed by atoms with Crippen LogP contribution in [0.1, 0.15) is 71.8 Å². The number of aryl methyl sites for hydroxylation is 2. The van der Waals surface area contributed by atoms with Gasteiger partial charge in [0, 0.05) is 36.1 Å². The monoisotopic (exact) mass is 313 g/mol. The first-order valence-electron chi connectivity index (χ1n) is 8.18. The first-order chi connectivity index (χ1) is 11.0. The predicted molar refractivity (Wildman–Crippen MR) is 87.3 cm³/mol. The third kappa shape index (κ3) is 3.11. The number of rotatable bonds is 5. The fourth-order valence-corrected chi connectivity index (χ4v) is 3.01. The van der Waals surface area contributed by atoms with Crippen LogP contribution in [-0.2, 0) is 6.54 Å². The number of nitrogens with one attached hydrogen (secondary N) is 1. The minimum absolute atomic E-state index is 0.106. The molecule has 0 unspecified atom stereocenters. The number of nitrogens with zero attached hydrogens (tertiary/aromatic N) is 4. The Morgan fingerprint density at radius 2 is 2.00 bits per heavy atom. The molecule has 23 heavy (non-hydrogen) atoms. The summed E-state index contributed by atoms with van der Waals surface area (Å²) in [5.74, 6) is 1.20. The molecule has 0 saturated heterocycles. The Morgan fingerprint density at radius 1 is 1.35 bits per heavy atom. The average molecular weight is 313 g/mol. The lowest BCUT2D eigenvalue weighted by Gasteiger charge is -2.15. The molecule has 1 aliphatic rings. The predicted octanol–water partition coefficient (Wildman–Crippen LogP) is 2.68. The molecule has 3 rings (SSSR count). The largest absolute Gasteiger partial charge is 0.345 e. The molecule has 0 aliphatic heterocycles. The SMILES string of the molecule is CCn1nc(C)c([C@H](C)NC(=O)c2cnc(C3CC3)nc2)c1C. The van der Waals surface area contributed by atoms with Gasteiger partial charge in [0.15, 0.2) is 0 Å². The Kier molecular flexibility index (Phi) is 4.15. The molecule has 6 nitrogen and oxygen atoms in total. The van der Waals surface area contributed by atoms with Crippen LogP contribution in [-0.4, -0.2) is 25.7 Å². The third-order valence-corrected chi connectivity index (χ3v) is 4.39. The number of carbonyl (C=O) groups excluding carboxylic acids is 1. The summed E-state index contributed by atoms with van der Waals surface area (Å²) in [6.07, 6.45) is 5.56. The lowest BCUT2D eigenvalue weighted by molar-refractivity contribution is 0.0939. The van der Waals surface area contributed by atoms with E-state index in [-0.39, 0.29) is 11.9 Å². The zero-order valence-corrected chi connectivity index (χ0v) is 14.1. The quantitative estimate of drug-likeness (QED) is 0.921. The van der Waals surface area contributed by atoms with Crippen molar-refractivity contribution in [2.75, 3.05) is 0 Å². The van der Waals surface area contributed by atoms with Crippen molar-refractivity contribution in [1.29, 1.82) is 0 Å². The van der Waals surface area contributed by atoms with Gasteiger partial charge in [-0.1, -0.05) is 0 Å². The fraction of sp³-hybridized carbons (Fsp3) is 0.529. The molecule has 1 aliphatic carbocycles. The molecule has 0 aromatic carbocycles.